The van der Waals surface area contributed by atoms with E-state index >= 15 is 0 Å². The first-order valence-electron chi connectivity index (χ1n) is 10.8. The second-order valence-electron chi connectivity index (χ2n) is 8.61. The minimum Gasteiger partial charge on any atom is -0.339 e. The van der Waals surface area contributed by atoms with Gasteiger partial charge in [-0.1, -0.05) is 24.6 Å². The van der Waals surface area contributed by atoms with Gasteiger partial charge in [-0.25, -0.2) is 4.31 Å². The third-order valence-corrected chi connectivity index (χ3v) is 8.29. The minimum atomic E-state index is -0.245. The number of halogens is 1. The molecule has 2 aliphatic heterocycles. The summed E-state index contributed by atoms with van der Waals surface area (Å²) in [6.45, 7) is 8.91. The molecule has 1 aromatic rings. The van der Waals surface area contributed by atoms with Crippen LogP contribution in [0, 0.1) is 29.6 Å². The number of carbonyl (C=O) groups is 1. The van der Waals surface area contributed by atoms with Crippen LogP contribution in [0.5, 0.6) is 0 Å². The lowest BCUT2D eigenvalue weighted by molar-refractivity contribution is -0.139. The molecule has 0 saturated carbocycles. The largest absolute Gasteiger partial charge is 0.339 e. The molecular formula is C23H32ClN3OS. The number of likely N-dealkylation sites (tertiary alicyclic amines) is 1. The molecule has 3 atom stereocenters. The van der Waals surface area contributed by atoms with Crippen LogP contribution in [0.25, 0.3) is 0 Å². The maximum Gasteiger partial charge on any atom is 0.230 e. The Morgan fingerprint density at radius 1 is 1.31 bits per heavy atom. The Morgan fingerprint density at radius 2 is 2.10 bits per heavy atom. The topological polar surface area (TPSA) is 47.3 Å². The summed E-state index contributed by atoms with van der Waals surface area (Å²) >= 11 is 8.03. The molecule has 1 spiro atoms. The normalized spacial score (nSPS) is 24.7. The molecule has 0 radical (unpaired) electrons. The number of rotatable bonds is 7. The van der Waals surface area contributed by atoms with E-state index in [0.717, 1.165) is 68.7 Å². The zero-order chi connectivity index (χ0) is 21.0. The Hall–Kier alpha value is -1.22. The highest BCUT2D eigenvalue weighted by Gasteiger charge is 2.49. The van der Waals surface area contributed by atoms with E-state index in [9.17, 15) is 10.1 Å². The molecule has 2 heterocycles. The van der Waals surface area contributed by atoms with Crippen LogP contribution >= 0.6 is 23.5 Å². The van der Waals surface area contributed by atoms with Crippen molar-refractivity contribution in [3.8, 4) is 6.07 Å². The third kappa shape index (κ3) is 4.93. The lowest BCUT2D eigenvalue weighted by atomic mass is 9.79. The van der Waals surface area contributed by atoms with Crippen molar-refractivity contribution in [3.63, 3.8) is 0 Å². The Kier molecular flexibility index (Phi) is 7.53. The monoisotopic (exact) mass is 433 g/mol. The maximum atomic E-state index is 13.4. The first kappa shape index (κ1) is 22.5. The minimum absolute atomic E-state index is 0.103. The summed E-state index contributed by atoms with van der Waals surface area (Å²) in [5.74, 6) is 0.426. The molecular weight excluding hydrogens is 402 g/mol. The lowest BCUT2D eigenvalue weighted by Gasteiger charge is -2.39. The molecule has 0 aromatic heterocycles. The molecule has 3 unspecified atom stereocenters. The zero-order valence-electron chi connectivity index (χ0n) is 17.8. The van der Waals surface area contributed by atoms with E-state index in [0.29, 0.717) is 5.91 Å². The average Bonchev–Trinajstić information content (AvgIpc) is 3.02. The van der Waals surface area contributed by atoms with Crippen molar-refractivity contribution < 1.29 is 4.79 Å². The number of nitriles is 1. The summed E-state index contributed by atoms with van der Waals surface area (Å²) in [4.78, 5) is 16.7. The number of nitrogens with zero attached hydrogens (tertiary/aromatic N) is 3. The highest BCUT2D eigenvalue weighted by molar-refractivity contribution is 7.97. The summed E-state index contributed by atoms with van der Waals surface area (Å²) in [5.41, 5.74) is 0.862. The van der Waals surface area contributed by atoms with Crippen LogP contribution in [0.1, 0.15) is 57.9 Å². The predicted octanol–water partition coefficient (Wildman–Crippen LogP) is 5.69. The average molecular weight is 434 g/mol. The van der Waals surface area contributed by atoms with Crippen molar-refractivity contribution in [1.29, 1.82) is 5.26 Å². The molecule has 158 valence electrons. The first-order valence-corrected chi connectivity index (χ1v) is 11.9. The number of amides is 1. The van der Waals surface area contributed by atoms with Crippen molar-refractivity contribution in [1.82, 2.24) is 9.21 Å². The molecule has 0 N–H and O–H groups in total. The molecule has 0 bridgehead atoms. The van der Waals surface area contributed by atoms with Crippen LogP contribution in [-0.4, -0.2) is 40.8 Å². The van der Waals surface area contributed by atoms with E-state index in [4.69, 9.17) is 11.6 Å². The van der Waals surface area contributed by atoms with Crippen molar-refractivity contribution >= 4 is 29.5 Å². The number of piperidine rings is 1. The highest BCUT2D eigenvalue weighted by atomic mass is 35.5. The summed E-state index contributed by atoms with van der Waals surface area (Å²) in [6, 6.07) is 8.62. The Bertz CT molecular complexity index is 780. The van der Waals surface area contributed by atoms with Crippen molar-refractivity contribution in [2.24, 2.45) is 11.3 Å². The fourth-order valence-corrected chi connectivity index (χ4v) is 6.03. The molecule has 6 heteroatoms. The van der Waals surface area contributed by atoms with Gasteiger partial charge in [-0.05, 0) is 82.0 Å². The number of hydrogen-bond donors (Lipinski definition) is 0. The summed E-state index contributed by atoms with van der Waals surface area (Å²) in [7, 11) is 0. The standard InChI is InChI=1S/C23H32ClN3OS/c1-4-19(15-25)10-9-17(2)27-14-12-23(22(27)28)11-6-13-26(16-23)29-21-8-5-7-20(24)18(21)3/h5,7-8,17,19H,4,6,9-14,16H2,1-3H3. The fraction of sp³-hybridized carbons (Fsp3) is 0.652. The Morgan fingerprint density at radius 3 is 2.83 bits per heavy atom. The first-order chi connectivity index (χ1) is 13.9. The molecule has 4 nitrogen and oxygen atoms in total. The van der Waals surface area contributed by atoms with E-state index in [1.807, 2.05) is 12.1 Å². The van der Waals surface area contributed by atoms with Gasteiger partial charge >= 0.3 is 0 Å². The molecule has 0 aliphatic carbocycles. The van der Waals surface area contributed by atoms with Crippen LogP contribution in [0.15, 0.2) is 23.1 Å². The van der Waals surface area contributed by atoms with Gasteiger partial charge in [0.25, 0.3) is 0 Å². The number of benzene rings is 1. The Labute approximate surface area is 184 Å². The van der Waals surface area contributed by atoms with Gasteiger partial charge in [-0.15, -0.1) is 0 Å². The Balaban J connectivity index is 1.63. The second-order valence-corrected chi connectivity index (χ2v) is 10.2. The molecule has 2 fully saturated rings. The molecule has 2 saturated heterocycles. The van der Waals surface area contributed by atoms with E-state index in [2.05, 4.69) is 42.1 Å². The van der Waals surface area contributed by atoms with Crippen LogP contribution in [0.4, 0.5) is 0 Å². The van der Waals surface area contributed by atoms with Gasteiger partial charge in [0.15, 0.2) is 0 Å². The van der Waals surface area contributed by atoms with E-state index < -0.39 is 0 Å². The fourth-order valence-electron chi connectivity index (χ4n) is 4.60. The van der Waals surface area contributed by atoms with E-state index in [1.54, 1.807) is 11.9 Å². The third-order valence-electron chi connectivity index (χ3n) is 6.67. The summed E-state index contributed by atoms with van der Waals surface area (Å²) < 4.78 is 2.36. The van der Waals surface area contributed by atoms with Crippen molar-refractivity contribution in [2.75, 3.05) is 19.6 Å². The molecule has 2 aliphatic rings. The van der Waals surface area contributed by atoms with Gasteiger partial charge in [0.2, 0.25) is 5.91 Å². The molecule has 29 heavy (non-hydrogen) atoms. The molecule has 1 aromatic carbocycles. The van der Waals surface area contributed by atoms with Gasteiger partial charge < -0.3 is 4.90 Å². The van der Waals surface area contributed by atoms with Crippen molar-refractivity contribution in [3.05, 3.63) is 28.8 Å². The van der Waals surface area contributed by atoms with Gasteiger partial charge in [-0.3, -0.25) is 4.79 Å². The maximum absolute atomic E-state index is 13.4. The van der Waals surface area contributed by atoms with Gasteiger partial charge in [0.05, 0.1) is 11.5 Å². The number of hydrogen-bond acceptors (Lipinski definition) is 4. The van der Waals surface area contributed by atoms with Gasteiger partial charge in [0, 0.05) is 41.5 Å². The lowest BCUT2D eigenvalue weighted by Crippen LogP contribution is -2.47. The smallest absolute Gasteiger partial charge is 0.230 e. The molecule has 1 amide bonds. The second kappa shape index (κ2) is 9.73. The predicted molar refractivity (Wildman–Crippen MR) is 120 cm³/mol. The van der Waals surface area contributed by atoms with Gasteiger partial charge in [-0.2, -0.15) is 5.26 Å². The van der Waals surface area contributed by atoms with E-state index in [-0.39, 0.29) is 17.4 Å². The zero-order valence-corrected chi connectivity index (χ0v) is 19.4. The van der Waals surface area contributed by atoms with Crippen LogP contribution in [-0.2, 0) is 4.79 Å². The van der Waals surface area contributed by atoms with Crippen molar-refractivity contribution in [2.45, 2.75) is 70.2 Å². The summed E-state index contributed by atoms with van der Waals surface area (Å²) in [5, 5.41) is 9.99. The number of carbonyl (C=O) groups excluding carboxylic acids is 1. The van der Waals surface area contributed by atoms with Gasteiger partial charge in [0.1, 0.15) is 0 Å². The highest BCUT2D eigenvalue weighted by Crippen LogP contribution is 2.44. The van der Waals surface area contributed by atoms with Crippen LogP contribution in [0.2, 0.25) is 5.02 Å². The van der Waals surface area contributed by atoms with Crippen LogP contribution in [0.3, 0.4) is 0 Å². The summed E-state index contributed by atoms with van der Waals surface area (Å²) in [6.07, 6.45) is 5.64. The quantitative estimate of drug-likeness (QED) is 0.518. The van der Waals surface area contributed by atoms with E-state index in [1.165, 1.54) is 4.90 Å². The van der Waals surface area contributed by atoms with Crippen LogP contribution < -0.4 is 0 Å². The molecule has 3 rings (SSSR count). The SMILES string of the molecule is CCC(C#N)CCC(C)N1CCC2(CCCN(Sc3cccc(Cl)c3C)C2)C1=O.